The third kappa shape index (κ3) is 4.58. The first kappa shape index (κ1) is 16.6. The van der Waals surface area contributed by atoms with Gasteiger partial charge in [-0.25, -0.2) is 9.59 Å². The second-order valence-electron chi connectivity index (χ2n) is 5.36. The second-order valence-corrected chi connectivity index (χ2v) is 6.20. The number of nitrogens with one attached hydrogen (secondary N) is 2. The van der Waals surface area contributed by atoms with Crippen molar-refractivity contribution >= 4 is 40.9 Å². The summed E-state index contributed by atoms with van der Waals surface area (Å²) in [6, 6.07) is 2.92. The zero-order valence-corrected chi connectivity index (χ0v) is 12.8. The van der Waals surface area contributed by atoms with Gasteiger partial charge < -0.3 is 15.7 Å². The molecule has 1 rings (SSSR count). The molecule has 1 aromatic carbocycles. The van der Waals surface area contributed by atoms with Crippen LogP contribution in [0.15, 0.2) is 18.2 Å². The number of hydrogen-bond donors (Lipinski definition) is 3. The lowest BCUT2D eigenvalue weighted by molar-refractivity contribution is -0.141. The van der Waals surface area contributed by atoms with Crippen LogP contribution in [0.5, 0.6) is 0 Å². The molecule has 0 aliphatic heterocycles. The summed E-state index contributed by atoms with van der Waals surface area (Å²) in [6.45, 7) is 5.16. The van der Waals surface area contributed by atoms with Crippen LogP contribution >= 0.6 is 23.2 Å². The van der Waals surface area contributed by atoms with E-state index in [2.05, 4.69) is 10.6 Å². The highest BCUT2D eigenvalue weighted by Crippen LogP contribution is 2.25. The van der Waals surface area contributed by atoms with Gasteiger partial charge in [-0.3, -0.25) is 0 Å². The van der Waals surface area contributed by atoms with Crippen molar-refractivity contribution in [2.24, 2.45) is 5.41 Å². The Hall–Kier alpha value is -1.46. The van der Waals surface area contributed by atoms with Crippen LogP contribution in [0.1, 0.15) is 20.8 Å². The van der Waals surface area contributed by atoms with E-state index in [4.69, 9.17) is 28.3 Å². The molecule has 0 bridgehead atoms. The second kappa shape index (κ2) is 6.33. The summed E-state index contributed by atoms with van der Waals surface area (Å²) in [6.07, 6.45) is 0. The number of hydrogen-bond acceptors (Lipinski definition) is 2. The average molecular weight is 319 g/mol. The third-order valence-electron chi connectivity index (χ3n) is 2.57. The molecule has 0 aromatic heterocycles. The summed E-state index contributed by atoms with van der Waals surface area (Å²) >= 11 is 11.7. The van der Waals surface area contributed by atoms with E-state index in [1.165, 1.54) is 12.1 Å². The minimum Gasteiger partial charge on any atom is -0.480 e. The summed E-state index contributed by atoms with van der Waals surface area (Å²) in [5, 5.41) is 14.7. The number of carboxylic acids is 1. The number of carbonyl (C=O) groups is 2. The van der Waals surface area contributed by atoms with E-state index in [1.54, 1.807) is 26.8 Å². The molecule has 1 aromatic rings. The Balaban J connectivity index is 2.81. The number of aliphatic carboxylic acids is 1. The maximum Gasteiger partial charge on any atom is 0.326 e. The normalized spacial score (nSPS) is 12.7. The minimum absolute atomic E-state index is 0.312. The van der Waals surface area contributed by atoms with Crippen LogP contribution in [0.25, 0.3) is 0 Å². The quantitative estimate of drug-likeness (QED) is 0.796. The van der Waals surface area contributed by atoms with Crippen molar-refractivity contribution in [3.05, 3.63) is 28.2 Å². The van der Waals surface area contributed by atoms with Crippen LogP contribution in [0.4, 0.5) is 10.5 Å². The molecule has 0 saturated heterocycles. The summed E-state index contributed by atoms with van der Waals surface area (Å²) < 4.78 is 0. The molecule has 2 amide bonds. The van der Waals surface area contributed by atoms with Gasteiger partial charge in [-0.2, -0.15) is 0 Å². The van der Waals surface area contributed by atoms with E-state index in [1.807, 2.05) is 0 Å². The van der Waals surface area contributed by atoms with Crippen LogP contribution in [0.3, 0.4) is 0 Å². The van der Waals surface area contributed by atoms with Gasteiger partial charge in [0.15, 0.2) is 0 Å². The highest BCUT2D eigenvalue weighted by atomic mass is 35.5. The first-order valence-electron chi connectivity index (χ1n) is 5.86. The molecule has 0 spiro atoms. The molecule has 110 valence electrons. The van der Waals surface area contributed by atoms with Gasteiger partial charge in [0.05, 0.1) is 10.7 Å². The number of halogens is 2. The molecule has 5 nitrogen and oxygen atoms in total. The van der Waals surface area contributed by atoms with Gasteiger partial charge in [0.25, 0.3) is 0 Å². The fourth-order valence-electron chi connectivity index (χ4n) is 1.53. The van der Waals surface area contributed by atoms with Gasteiger partial charge in [-0.1, -0.05) is 44.0 Å². The van der Waals surface area contributed by atoms with Crippen molar-refractivity contribution in [2.45, 2.75) is 26.8 Å². The average Bonchev–Trinajstić information content (AvgIpc) is 2.29. The van der Waals surface area contributed by atoms with Crippen molar-refractivity contribution < 1.29 is 14.7 Å². The Morgan fingerprint density at radius 2 is 1.85 bits per heavy atom. The third-order valence-corrected chi connectivity index (χ3v) is 3.13. The summed E-state index contributed by atoms with van der Waals surface area (Å²) in [4.78, 5) is 23.0. The molecule has 0 unspecified atom stereocenters. The maximum absolute atomic E-state index is 11.9. The van der Waals surface area contributed by atoms with Gasteiger partial charge in [-0.15, -0.1) is 0 Å². The number of benzene rings is 1. The van der Waals surface area contributed by atoms with E-state index in [9.17, 15) is 9.59 Å². The highest BCUT2D eigenvalue weighted by Gasteiger charge is 2.32. The van der Waals surface area contributed by atoms with Gasteiger partial charge in [0.2, 0.25) is 0 Å². The van der Waals surface area contributed by atoms with Crippen molar-refractivity contribution in [3.8, 4) is 0 Å². The smallest absolute Gasteiger partial charge is 0.326 e. The molecule has 0 radical (unpaired) electrons. The Morgan fingerprint density at radius 1 is 1.25 bits per heavy atom. The maximum atomic E-state index is 11.9. The summed E-state index contributed by atoms with van der Waals surface area (Å²) in [7, 11) is 0. The molecule has 7 heteroatoms. The van der Waals surface area contributed by atoms with Crippen LogP contribution < -0.4 is 10.6 Å². The van der Waals surface area contributed by atoms with Crippen molar-refractivity contribution in [2.75, 3.05) is 5.32 Å². The van der Waals surface area contributed by atoms with E-state index in [-0.39, 0.29) is 0 Å². The van der Waals surface area contributed by atoms with Gasteiger partial charge in [-0.05, 0) is 23.6 Å². The monoisotopic (exact) mass is 318 g/mol. The lowest BCUT2D eigenvalue weighted by Gasteiger charge is -2.27. The van der Waals surface area contributed by atoms with E-state index < -0.39 is 23.5 Å². The van der Waals surface area contributed by atoms with E-state index in [0.717, 1.165) is 0 Å². The molecule has 0 heterocycles. The van der Waals surface area contributed by atoms with Crippen LogP contribution in [-0.4, -0.2) is 23.1 Å². The Bertz CT molecular complexity index is 527. The Labute approximate surface area is 127 Å². The Morgan fingerprint density at radius 3 is 2.35 bits per heavy atom. The standard InChI is InChI=1S/C13H16Cl2N2O3/c1-13(2,3)10(11(18)19)17-12(20)16-9-6-7(14)4-5-8(9)15/h4-6,10H,1-3H3,(H,18,19)(H2,16,17,20)/t10-/m1/s1. The molecule has 20 heavy (non-hydrogen) atoms. The van der Waals surface area contributed by atoms with Crippen LogP contribution in [0.2, 0.25) is 10.0 Å². The zero-order valence-electron chi connectivity index (χ0n) is 11.3. The SMILES string of the molecule is CC(C)(C)[C@H](NC(=O)Nc1cc(Cl)ccc1Cl)C(=O)O. The number of amides is 2. The first-order chi connectivity index (χ1) is 9.11. The van der Waals surface area contributed by atoms with Gasteiger partial charge >= 0.3 is 12.0 Å². The molecule has 0 aliphatic rings. The predicted molar refractivity (Wildman–Crippen MR) is 79.5 cm³/mol. The van der Waals surface area contributed by atoms with Gasteiger partial charge in [0, 0.05) is 5.02 Å². The molecule has 1 atom stereocenters. The highest BCUT2D eigenvalue weighted by molar-refractivity contribution is 6.35. The van der Waals surface area contributed by atoms with Crippen molar-refractivity contribution in [1.82, 2.24) is 5.32 Å². The van der Waals surface area contributed by atoms with E-state index in [0.29, 0.717) is 15.7 Å². The lowest BCUT2D eigenvalue weighted by atomic mass is 9.87. The van der Waals surface area contributed by atoms with Crippen molar-refractivity contribution in [1.29, 1.82) is 0 Å². The fourth-order valence-corrected chi connectivity index (χ4v) is 1.87. The number of urea groups is 1. The van der Waals surface area contributed by atoms with Gasteiger partial charge in [0.1, 0.15) is 6.04 Å². The minimum atomic E-state index is -1.11. The molecule has 3 N–H and O–H groups in total. The molecular formula is C13H16Cl2N2O3. The van der Waals surface area contributed by atoms with Crippen LogP contribution in [-0.2, 0) is 4.79 Å². The fraction of sp³-hybridized carbons (Fsp3) is 0.385. The number of anilines is 1. The first-order valence-corrected chi connectivity index (χ1v) is 6.62. The number of carboxylic acid groups (broad SMARTS) is 1. The molecule has 0 aliphatic carbocycles. The molecular weight excluding hydrogens is 303 g/mol. The molecule has 0 saturated carbocycles. The molecule has 0 fully saturated rings. The largest absolute Gasteiger partial charge is 0.480 e. The predicted octanol–water partition coefficient (Wildman–Crippen LogP) is 3.61. The van der Waals surface area contributed by atoms with E-state index >= 15 is 0 Å². The zero-order chi connectivity index (χ0) is 15.5. The summed E-state index contributed by atoms with van der Waals surface area (Å²) in [5.41, 5.74) is -0.309. The van der Waals surface area contributed by atoms with Crippen molar-refractivity contribution in [3.63, 3.8) is 0 Å². The number of rotatable bonds is 3. The number of carbonyl (C=O) groups excluding carboxylic acids is 1. The Kier molecular flexibility index (Phi) is 5.25. The van der Waals surface area contributed by atoms with Crippen LogP contribution in [0, 0.1) is 5.41 Å². The lowest BCUT2D eigenvalue weighted by Crippen LogP contribution is -2.50. The summed E-state index contributed by atoms with van der Waals surface area (Å²) in [5.74, 6) is -1.11. The topological polar surface area (TPSA) is 78.4 Å².